The lowest BCUT2D eigenvalue weighted by atomic mass is 9.86. The van der Waals surface area contributed by atoms with E-state index in [1.165, 1.54) is 0 Å². The fraction of sp³-hybridized carbons (Fsp3) is 0.750. The summed E-state index contributed by atoms with van der Waals surface area (Å²) in [5, 5.41) is 12.7. The van der Waals surface area contributed by atoms with Gasteiger partial charge in [0.2, 0.25) is 5.89 Å². The highest BCUT2D eigenvalue weighted by molar-refractivity contribution is 5.67. The fourth-order valence-corrected chi connectivity index (χ4v) is 1.67. The number of nitrogens with zero attached hydrogens (tertiary/aromatic N) is 3. The van der Waals surface area contributed by atoms with E-state index in [0.717, 1.165) is 13.0 Å². The second kappa shape index (κ2) is 5.95. The summed E-state index contributed by atoms with van der Waals surface area (Å²) in [6.07, 6.45) is 1.30. The molecule has 0 radical (unpaired) electrons. The molecule has 1 aromatic heterocycles. The van der Waals surface area contributed by atoms with Crippen molar-refractivity contribution in [1.82, 2.24) is 15.0 Å². The van der Waals surface area contributed by atoms with Crippen LogP contribution in [0.15, 0.2) is 4.52 Å². The smallest absolute Gasteiger partial charge is 0.303 e. The summed E-state index contributed by atoms with van der Waals surface area (Å²) in [5.41, 5.74) is -0.378. The van der Waals surface area contributed by atoms with E-state index >= 15 is 0 Å². The normalized spacial score (nSPS) is 12.1. The van der Waals surface area contributed by atoms with E-state index in [2.05, 4.69) is 10.1 Å². The number of carbonyl (C=O) groups is 1. The van der Waals surface area contributed by atoms with Crippen LogP contribution in [0.25, 0.3) is 0 Å². The summed E-state index contributed by atoms with van der Waals surface area (Å²) < 4.78 is 5.14. The first kappa shape index (κ1) is 14.6. The molecule has 0 bridgehead atoms. The number of carboxylic acids is 1. The van der Waals surface area contributed by atoms with Crippen LogP contribution >= 0.6 is 0 Å². The highest BCUT2D eigenvalue weighted by atomic mass is 16.5. The molecule has 0 spiro atoms. The van der Waals surface area contributed by atoms with Gasteiger partial charge in [0.1, 0.15) is 0 Å². The molecular weight excluding hydrogens is 234 g/mol. The zero-order valence-electron chi connectivity index (χ0n) is 11.4. The third kappa shape index (κ3) is 5.27. The monoisotopic (exact) mass is 255 g/mol. The molecule has 6 heteroatoms. The van der Waals surface area contributed by atoms with Crippen molar-refractivity contribution in [3.05, 3.63) is 11.7 Å². The first-order valence-electron chi connectivity index (χ1n) is 5.96. The maximum atomic E-state index is 10.7. The summed E-state index contributed by atoms with van der Waals surface area (Å²) in [4.78, 5) is 17.0. The molecule has 0 unspecified atom stereocenters. The van der Waals surface area contributed by atoms with Gasteiger partial charge in [-0.25, -0.2) is 0 Å². The molecule has 18 heavy (non-hydrogen) atoms. The molecule has 0 amide bonds. The third-order valence-electron chi connectivity index (χ3n) is 2.55. The SMILES string of the molecule is CN(C)CCc1noc(CC(C)(C)CC(=O)O)n1. The van der Waals surface area contributed by atoms with Gasteiger partial charge in [0.25, 0.3) is 0 Å². The van der Waals surface area contributed by atoms with Gasteiger partial charge in [-0.2, -0.15) is 4.98 Å². The second-order valence-corrected chi connectivity index (χ2v) is 5.57. The van der Waals surface area contributed by atoms with Crippen LogP contribution in [0.1, 0.15) is 32.0 Å². The quantitative estimate of drug-likeness (QED) is 0.789. The Morgan fingerprint density at radius 1 is 1.44 bits per heavy atom. The van der Waals surface area contributed by atoms with Crippen molar-refractivity contribution in [1.29, 1.82) is 0 Å². The molecule has 0 aliphatic heterocycles. The average Bonchev–Trinajstić information content (AvgIpc) is 2.59. The number of likely N-dealkylation sites (N-methyl/N-ethyl adjacent to an activating group) is 1. The molecule has 0 atom stereocenters. The molecule has 0 saturated carbocycles. The lowest BCUT2D eigenvalue weighted by Crippen LogP contribution is -2.20. The number of carboxylic acid groups (broad SMARTS) is 1. The van der Waals surface area contributed by atoms with Gasteiger partial charge >= 0.3 is 5.97 Å². The first-order valence-corrected chi connectivity index (χ1v) is 5.96. The molecule has 1 aromatic rings. The van der Waals surface area contributed by atoms with Gasteiger partial charge in [-0.05, 0) is 19.5 Å². The van der Waals surface area contributed by atoms with Gasteiger partial charge in [-0.15, -0.1) is 0 Å². The summed E-state index contributed by atoms with van der Waals surface area (Å²) in [7, 11) is 3.97. The van der Waals surface area contributed by atoms with Crippen LogP contribution < -0.4 is 0 Å². The number of aliphatic carboxylic acids is 1. The van der Waals surface area contributed by atoms with Gasteiger partial charge in [-0.1, -0.05) is 19.0 Å². The van der Waals surface area contributed by atoms with E-state index in [1.807, 2.05) is 32.8 Å². The van der Waals surface area contributed by atoms with Crippen molar-refractivity contribution < 1.29 is 14.4 Å². The maximum absolute atomic E-state index is 10.7. The van der Waals surface area contributed by atoms with Crippen molar-refractivity contribution >= 4 is 5.97 Å². The maximum Gasteiger partial charge on any atom is 0.303 e. The predicted octanol–water partition coefficient (Wildman–Crippen LogP) is 1.22. The molecule has 6 nitrogen and oxygen atoms in total. The molecule has 0 aromatic carbocycles. The zero-order chi connectivity index (χ0) is 13.8. The Kier molecular flexibility index (Phi) is 4.84. The van der Waals surface area contributed by atoms with Crippen LogP contribution in [0.5, 0.6) is 0 Å². The summed E-state index contributed by atoms with van der Waals surface area (Å²) in [5.74, 6) is 0.368. The number of aromatic nitrogens is 2. The number of hydrogen-bond acceptors (Lipinski definition) is 5. The standard InChI is InChI=1S/C12H21N3O3/c1-12(2,8-11(16)17)7-10-13-9(14-18-10)5-6-15(3)4/h5-8H2,1-4H3,(H,16,17). The molecule has 1 N–H and O–H groups in total. The van der Waals surface area contributed by atoms with E-state index in [1.54, 1.807) is 0 Å². The third-order valence-corrected chi connectivity index (χ3v) is 2.55. The summed E-state index contributed by atoms with van der Waals surface area (Å²) >= 11 is 0. The molecule has 1 rings (SSSR count). The Morgan fingerprint density at radius 3 is 2.67 bits per heavy atom. The lowest BCUT2D eigenvalue weighted by molar-refractivity contribution is -0.139. The van der Waals surface area contributed by atoms with Crippen molar-refractivity contribution in [2.45, 2.75) is 33.1 Å². The highest BCUT2D eigenvalue weighted by Crippen LogP contribution is 2.25. The van der Waals surface area contributed by atoms with Gasteiger partial charge in [-0.3, -0.25) is 4.79 Å². The molecular formula is C12H21N3O3. The van der Waals surface area contributed by atoms with Gasteiger partial charge in [0, 0.05) is 19.4 Å². The van der Waals surface area contributed by atoms with Crippen molar-refractivity contribution in [3.63, 3.8) is 0 Å². The molecule has 0 fully saturated rings. The number of rotatable bonds is 7. The Balaban J connectivity index is 2.55. The van der Waals surface area contributed by atoms with Crippen LogP contribution in [0.4, 0.5) is 0 Å². The van der Waals surface area contributed by atoms with Gasteiger partial charge in [0.05, 0.1) is 6.42 Å². The fourth-order valence-electron chi connectivity index (χ4n) is 1.67. The van der Waals surface area contributed by atoms with Crippen LogP contribution in [-0.4, -0.2) is 46.8 Å². The van der Waals surface area contributed by atoms with Crippen LogP contribution in [0.2, 0.25) is 0 Å². The molecule has 0 saturated heterocycles. The van der Waals surface area contributed by atoms with Crippen molar-refractivity contribution in [3.8, 4) is 0 Å². The molecule has 0 aliphatic rings. The number of hydrogen-bond donors (Lipinski definition) is 1. The summed E-state index contributed by atoms with van der Waals surface area (Å²) in [6.45, 7) is 4.62. The highest BCUT2D eigenvalue weighted by Gasteiger charge is 2.25. The van der Waals surface area contributed by atoms with Crippen molar-refractivity contribution in [2.24, 2.45) is 5.41 Å². The second-order valence-electron chi connectivity index (χ2n) is 5.57. The Labute approximate surface area is 107 Å². The van der Waals surface area contributed by atoms with E-state index in [4.69, 9.17) is 9.63 Å². The van der Waals surface area contributed by atoms with Crippen LogP contribution in [0, 0.1) is 5.41 Å². The minimum atomic E-state index is -0.813. The van der Waals surface area contributed by atoms with E-state index in [0.29, 0.717) is 18.1 Å². The molecule has 102 valence electrons. The van der Waals surface area contributed by atoms with Gasteiger partial charge < -0.3 is 14.5 Å². The van der Waals surface area contributed by atoms with E-state index < -0.39 is 5.97 Å². The topological polar surface area (TPSA) is 79.5 Å². The first-order chi connectivity index (χ1) is 8.28. The predicted molar refractivity (Wildman–Crippen MR) is 66.3 cm³/mol. The molecule has 1 heterocycles. The summed E-state index contributed by atoms with van der Waals surface area (Å²) in [6, 6.07) is 0. The minimum Gasteiger partial charge on any atom is -0.481 e. The van der Waals surface area contributed by atoms with E-state index in [9.17, 15) is 4.79 Å². The van der Waals surface area contributed by atoms with Gasteiger partial charge in [0.15, 0.2) is 5.82 Å². The largest absolute Gasteiger partial charge is 0.481 e. The van der Waals surface area contributed by atoms with Crippen molar-refractivity contribution in [2.75, 3.05) is 20.6 Å². The average molecular weight is 255 g/mol. The zero-order valence-corrected chi connectivity index (χ0v) is 11.4. The van der Waals surface area contributed by atoms with Crippen LogP contribution in [0.3, 0.4) is 0 Å². The Morgan fingerprint density at radius 2 is 2.11 bits per heavy atom. The Bertz CT molecular complexity index is 399. The Hall–Kier alpha value is -1.43. The molecule has 0 aliphatic carbocycles. The van der Waals surface area contributed by atoms with E-state index in [-0.39, 0.29) is 11.8 Å². The van der Waals surface area contributed by atoms with Crippen LogP contribution in [-0.2, 0) is 17.6 Å². The lowest BCUT2D eigenvalue weighted by Gasteiger charge is -2.19. The minimum absolute atomic E-state index is 0.0857.